The molecule has 0 aliphatic carbocycles. The summed E-state index contributed by atoms with van der Waals surface area (Å²) < 4.78 is 5.21. The molecule has 0 atom stereocenters. The van der Waals surface area contributed by atoms with Crippen LogP contribution in [0.2, 0.25) is 0 Å². The second-order valence-electron chi connectivity index (χ2n) is 3.42. The maximum absolute atomic E-state index is 10.2. The van der Waals surface area contributed by atoms with Gasteiger partial charge >= 0.3 is 0 Å². The number of aryl methyl sites for hydroxylation is 1. The summed E-state index contributed by atoms with van der Waals surface area (Å²) in [6.07, 6.45) is 3.15. The Kier molecular flexibility index (Phi) is 2.36. The minimum Gasteiger partial charge on any atom is -0.382 e. The topological polar surface area (TPSA) is 42.4 Å². The van der Waals surface area contributed by atoms with E-state index in [0.29, 0.717) is 26.1 Å². The second kappa shape index (κ2) is 3.36. The van der Waals surface area contributed by atoms with Crippen molar-refractivity contribution in [2.45, 2.75) is 25.4 Å². The largest absolute Gasteiger partial charge is 0.382 e. The third-order valence-corrected chi connectivity index (χ3v) is 3.45. The molecule has 0 bridgehead atoms. The van der Waals surface area contributed by atoms with E-state index in [1.165, 1.54) is 0 Å². The molecule has 3 nitrogen and oxygen atoms in total. The van der Waals surface area contributed by atoms with Gasteiger partial charge < -0.3 is 9.84 Å². The van der Waals surface area contributed by atoms with Gasteiger partial charge in [-0.05, 0) is 6.92 Å². The van der Waals surface area contributed by atoms with E-state index >= 15 is 0 Å². The molecule has 2 heterocycles. The molecule has 0 saturated carbocycles. The SMILES string of the molecule is Cc1cnc(C2(O)CCOCC2)s1. The Morgan fingerprint density at radius 3 is 2.77 bits per heavy atom. The molecule has 0 spiro atoms. The van der Waals surface area contributed by atoms with Crippen molar-refractivity contribution in [2.75, 3.05) is 13.2 Å². The summed E-state index contributed by atoms with van der Waals surface area (Å²) in [5.74, 6) is 0. The van der Waals surface area contributed by atoms with Crippen molar-refractivity contribution in [2.24, 2.45) is 0 Å². The van der Waals surface area contributed by atoms with Crippen molar-refractivity contribution >= 4 is 11.3 Å². The molecule has 1 aliphatic rings. The lowest BCUT2D eigenvalue weighted by Gasteiger charge is -2.29. The van der Waals surface area contributed by atoms with Gasteiger partial charge in [0.25, 0.3) is 0 Å². The van der Waals surface area contributed by atoms with Crippen LogP contribution in [0.3, 0.4) is 0 Å². The molecule has 4 heteroatoms. The zero-order chi connectivity index (χ0) is 9.31. The molecule has 1 aliphatic heterocycles. The van der Waals surface area contributed by atoms with Crippen LogP contribution in [-0.4, -0.2) is 23.3 Å². The van der Waals surface area contributed by atoms with E-state index in [1.54, 1.807) is 11.3 Å². The monoisotopic (exact) mass is 199 g/mol. The van der Waals surface area contributed by atoms with Gasteiger partial charge in [-0.2, -0.15) is 0 Å². The number of thiazole rings is 1. The van der Waals surface area contributed by atoms with E-state index < -0.39 is 5.60 Å². The molecule has 0 radical (unpaired) electrons. The van der Waals surface area contributed by atoms with Gasteiger partial charge in [-0.15, -0.1) is 11.3 Å². The number of rotatable bonds is 1. The fraction of sp³-hybridized carbons (Fsp3) is 0.667. The minimum absolute atomic E-state index is 0.634. The molecule has 2 rings (SSSR count). The predicted molar refractivity (Wildman–Crippen MR) is 50.8 cm³/mol. The van der Waals surface area contributed by atoms with E-state index in [2.05, 4.69) is 4.98 Å². The molecular weight excluding hydrogens is 186 g/mol. The highest BCUT2D eigenvalue weighted by Gasteiger charge is 2.34. The van der Waals surface area contributed by atoms with Crippen LogP contribution in [0.15, 0.2) is 6.20 Å². The first-order chi connectivity index (χ1) is 6.21. The lowest BCUT2D eigenvalue weighted by Crippen LogP contribution is -2.33. The number of ether oxygens (including phenoxy) is 1. The summed E-state index contributed by atoms with van der Waals surface area (Å²) >= 11 is 1.58. The maximum Gasteiger partial charge on any atom is 0.125 e. The van der Waals surface area contributed by atoms with Gasteiger partial charge in [-0.1, -0.05) is 0 Å². The average Bonchev–Trinajstić information content (AvgIpc) is 2.54. The summed E-state index contributed by atoms with van der Waals surface area (Å²) in [5.41, 5.74) is -0.725. The number of hydrogen-bond acceptors (Lipinski definition) is 4. The van der Waals surface area contributed by atoms with Crippen LogP contribution in [0.4, 0.5) is 0 Å². The fourth-order valence-corrected chi connectivity index (χ4v) is 2.40. The van der Waals surface area contributed by atoms with Gasteiger partial charge in [0, 0.05) is 37.1 Å². The van der Waals surface area contributed by atoms with Crippen LogP contribution in [0.25, 0.3) is 0 Å². The zero-order valence-electron chi connectivity index (χ0n) is 7.62. The molecule has 0 amide bonds. The highest BCUT2D eigenvalue weighted by Crippen LogP contribution is 2.33. The summed E-state index contributed by atoms with van der Waals surface area (Å²) in [6, 6.07) is 0. The summed E-state index contributed by atoms with van der Waals surface area (Å²) in [6.45, 7) is 3.27. The first-order valence-corrected chi connectivity index (χ1v) is 5.25. The first-order valence-electron chi connectivity index (χ1n) is 4.44. The summed E-state index contributed by atoms with van der Waals surface area (Å²) in [4.78, 5) is 5.37. The van der Waals surface area contributed by atoms with Crippen molar-refractivity contribution in [1.82, 2.24) is 4.98 Å². The minimum atomic E-state index is -0.725. The van der Waals surface area contributed by atoms with Gasteiger partial charge in [0.2, 0.25) is 0 Å². The van der Waals surface area contributed by atoms with Crippen LogP contribution in [0.5, 0.6) is 0 Å². The van der Waals surface area contributed by atoms with E-state index in [1.807, 2.05) is 13.1 Å². The Morgan fingerprint density at radius 1 is 1.54 bits per heavy atom. The third-order valence-electron chi connectivity index (χ3n) is 2.34. The van der Waals surface area contributed by atoms with Gasteiger partial charge in [-0.3, -0.25) is 0 Å². The van der Waals surface area contributed by atoms with Crippen LogP contribution >= 0.6 is 11.3 Å². The molecule has 0 aromatic carbocycles. The van der Waals surface area contributed by atoms with Crippen molar-refractivity contribution in [1.29, 1.82) is 0 Å². The van der Waals surface area contributed by atoms with Gasteiger partial charge in [0.15, 0.2) is 0 Å². The standard InChI is InChI=1S/C9H13NO2S/c1-7-6-10-8(13-7)9(11)2-4-12-5-3-9/h6,11H,2-5H2,1H3. The predicted octanol–water partition coefficient (Wildman–Crippen LogP) is 1.45. The van der Waals surface area contributed by atoms with E-state index in [0.717, 1.165) is 9.88 Å². The summed E-state index contributed by atoms with van der Waals surface area (Å²) in [5, 5.41) is 11.1. The third kappa shape index (κ3) is 1.75. The van der Waals surface area contributed by atoms with E-state index in [9.17, 15) is 5.11 Å². The molecule has 1 saturated heterocycles. The van der Waals surface area contributed by atoms with Crippen LogP contribution < -0.4 is 0 Å². The smallest absolute Gasteiger partial charge is 0.125 e. The Labute approximate surface area is 81.4 Å². The Hall–Kier alpha value is -0.450. The zero-order valence-corrected chi connectivity index (χ0v) is 8.43. The second-order valence-corrected chi connectivity index (χ2v) is 4.65. The molecule has 0 unspecified atom stereocenters. The molecule has 1 fully saturated rings. The molecule has 1 N–H and O–H groups in total. The number of aromatic nitrogens is 1. The lowest BCUT2D eigenvalue weighted by molar-refractivity contribution is -0.0679. The van der Waals surface area contributed by atoms with Crippen molar-refractivity contribution < 1.29 is 9.84 Å². The highest BCUT2D eigenvalue weighted by atomic mass is 32.1. The molecule has 72 valence electrons. The quantitative estimate of drug-likeness (QED) is 0.744. The Bertz CT molecular complexity index is 292. The van der Waals surface area contributed by atoms with Crippen LogP contribution in [0.1, 0.15) is 22.7 Å². The van der Waals surface area contributed by atoms with E-state index in [-0.39, 0.29) is 0 Å². The van der Waals surface area contributed by atoms with Crippen molar-refractivity contribution in [3.05, 3.63) is 16.1 Å². The number of nitrogens with zero attached hydrogens (tertiary/aromatic N) is 1. The van der Waals surface area contributed by atoms with Crippen LogP contribution in [-0.2, 0) is 10.3 Å². The average molecular weight is 199 g/mol. The molecule has 13 heavy (non-hydrogen) atoms. The summed E-state index contributed by atoms with van der Waals surface area (Å²) in [7, 11) is 0. The normalized spacial score (nSPS) is 21.7. The Balaban J connectivity index is 2.22. The molecular formula is C9H13NO2S. The van der Waals surface area contributed by atoms with Crippen molar-refractivity contribution in [3.8, 4) is 0 Å². The molecule has 1 aromatic rings. The highest BCUT2D eigenvalue weighted by molar-refractivity contribution is 7.11. The van der Waals surface area contributed by atoms with Gasteiger partial charge in [0.1, 0.15) is 10.6 Å². The number of aliphatic hydroxyl groups is 1. The first kappa shape index (κ1) is 9.12. The molecule has 1 aromatic heterocycles. The van der Waals surface area contributed by atoms with Gasteiger partial charge in [0.05, 0.1) is 0 Å². The van der Waals surface area contributed by atoms with E-state index in [4.69, 9.17) is 4.74 Å². The lowest BCUT2D eigenvalue weighted by atomic mass is 9.95. The van der Waals surface area contributed by atoms with Crippen LogP contribution in [0, 0.1) is 6.92 Å². The van der Waals surface area contributed by atoms with Crippen molar-refractivity contribution in [3.63, 3.8) is 0 Å². The Morgan fingerprint density at radius 2 is 2.23 bits per heavy atom. The maximum atomic E-state index is 10.2. The van der Waals surface area contributed by atoms with Gasteiger partial charge in [-0.25, -0.2) is 4.98 Å². The number of hydrogen-bond donors (Lipinski definition) is 1. The fourth-order valence-electron chi connectivity index (χ4n) is 1.49.